The van der Waals surface area contributed by atoms with Gasteiger partial charge in [0.15, 0.2) is 0 Å². The molecule has 0 aromatic heterocycles. The molecule has 0 saturated carbocycles. The van der Waals surface area contributed by atoms with Crippen LogP contribution in [0, 0.1) is 5.41 Å². The van der Waals surface area contributed by atoms with E-state index in [0.717, 1.165) is 13.1 Å². The standard InChI is InChI=1S/C11H24N2/c1-3-5-11(6-4-2)7-9-13(12)10-8-11/h3-10,12H2,1-2H3. The number of hydrogen-bond donors (Lipinski definition) is 1. The molecule has 1 heterocycles. The maximum Gasteiger partial charge on any atom is 0.0133 e. The Morgan fingerprint density at radius 3 is 1.92 bits per heavy atom. The van der Waals surface area contributed by atoms with Gasteiger partial charge < -0.3 is 0 Å². The minimum atomic E-state index is 0.638. The van der Waals surface area contributed by atoms with Crippen LogP contribution in [0.15, 0.2) is 0 Å². The SMILES string of the molecule is CCCC1(CCC)CCN(N)CC1. The first-order valence-corrected chi connectivity index (χ1v) is 5.72. The first kappa shape index (κ1) is 11.0. The molecule has 0 spiro atoms. The zero-order valence-electron chi connectivity index (χ0n) is 9.18. The predicted molar refractivity (Wildman–Crippen MR) is 57.2 cm³/mol. The lowest BCUT2D eigenvalue weighted by molar-refractivity contribution is 0.0855. The van der Waals surface area contributed by atoms with Crippen LogP contribution in [0.2, 0.25) is 0 Å². The van der Waals surface area contributed by atoms with Crippen molar-refractivity contribution in [2.75, 3.05) is 13.1 Å². The maximum absolute atomic E-state index is 5.78. The van der Waals surface area contributed by atoms with Crippen LogP contribution in [0.5, 0.6) is 0 Å². The van der Waals surface area contributed by atoms with Crippen molar-refractivity contribution >= 4 is 0 Å². The van der Waals surface area contributed by atoms with E-state index in [9.17, 15) is 0 Å². The minimum Gasteiger partial charge on any atom is -0.269 e. The van der Waals surface area contributed by atoms with Crippen LogP contribution >= 0.6 is 0 Å². The number of rotatable bonds is 4. The molecular formula is C11H24N2. The van der Waals surface area contributed by atoms with Crippen molar-refractivity contribution in [3.63, 3.8) is 0 Å². The van der Waals surface area contributed by atoms with E-state index in [-0.39, 0.29) is 0 Å². The summed E-state index contributed by atoms with van der Waals surface area (Å²) in [5, 5.41) is 1.98. The summed E-state index contributed by atoms with van der Waals surface area (Å²) >= 11 is 0. The van der Waals surface area contributed by atoms with Gasteiger partial charge in [0, 0.05) is 13.1 Å². The lowest BCUT2D eigenvalue weighted by Gasteiger charge is -2.40. The molecule has 0 unspecified atom stereocenters. The lowest BCUT2D eigenvalue weighted by atomic mass is 9.72. The van der Waals surface area contributed by atoms with Crippen molar-refractivity contribution in [2.24, 2.45) is 11.3 Å². The van der Waals surface area contributed by atoms with Gasteiger partial charge in [-0.2, -0.15) is 0 Å². The number of piperidine rings is 1. The monoisotopic (exact) mass is 184 g/mol. The second kappa shape index (κ2) is 4.97. The highest BCUT2D eigenvalue weighted by atomic mass is 15.4. The molecule has 1 aliphatic heterocycles. The number of nitrogens with two attached hydrogens (primary N) is 1. The Hall–Kier alpha value is -0.0800. The van der Waals surface area contributed by atoms with E-state index in [1.807, 2.05) is 5.01 Å². The summed E-state index contributed by atoms with van der Waals surface area (Å²) < 4.78 is 0. The van der Waals surface area contributed by atoms with Crippen LogP contribution in [-0.4, -0.2) is 18.1 Å². The first-order valence-electron chi connectivity index (χ1n) is 5.72. The molecule has 2 N–H and O–H groups in total. The van der Waals surface area contributed by atoms with Gasteiger partial charge >= 0.3 is 0 Å². The molecule has 1 aliphatic rings. The third-order valence-corrected chi connectivity index (χ3v) is 3.42. The normalized spacial score (nSPS) is 23.3. The molecule has 0 aliphatic carbocycles. The average molecular weight is 184 g/mol. The number of hydrogen-bond acceptors (Lipinski definition) is 2. The van der Waals surface area contributed by atoms with Crippen molar-refractivity contribution in [1.82, 2.24) is 5.01 Å². The van der Waals surface area contributed by atoms with Crippen LogP contribution in [0.1, 0.15) is 52.4 Å². The summed E-state index contributed by atoms with van der Waals surface area (Å²) in [6, 6.07) is 0. The van der Waals surface area contributed by atoms with Gasteiger partial charge in [0.2, 0.25) is 0 Å². The Morgan fingerprint density at radius 1 is 1.08 bits per heavy atom. The Labute approximate surface area is 82.5 Å². The van der Waals surface area contributed by atoms with Gasteiger partial charge in [-0.05, 0) is 31.1 Å². The zero-order valence-corrected chi connectivity index (χ0v) is 9.18. The van der Waals surface area contributed by atoms with Crippen molar-refractivity contribution in [3.05, 3.63) is 0 Å². The molecule has 0 radical (unpaired) electrons. The Bertz CT molecular complexity index is 129. The van der Waals surface area contributed by atoms with Gasteiger partial charge in [-0.1, -0.05) is 26.7 Å². The van der Waals surface area contributed by atoms with Crippen molar-refractivity contribution in [1.29, 1.82) is 0 Å². The van der Waals surface area contributed by atoms with E-state index in [1.165, 1.54) is 38.5 Å². The largest absolute Gasteiger partial charge is 0.269 e. The molecule has 0 bridgehead atoms. The quantitative estimate of drug-likeness (QED) is 0.680. The molecule has 2 heteroatoms. The van der Waals surface area contributed by atoms with Gasteiger partial charge in [-0.15, -0.1) is 0 Å². The van der Waals surface area contributed by atoms with Crippen molar-refractivity contribution < 1.29 is 0 Å². The van der Waals surface area contributed by atoms with E-state index in [1.54, 1.807) is 0 Å². The molecule has 0 amide bonds. The van der Waals surface area contributed by atoms with E-state index >= 15 is 0 Å². The van der Waals surface area contributed by atoms with Crippen LogP contribution in [0.25, 0.3) is 0 Å². The van der Waals surface area contributed by atoms with Gasteiger partial charge in [0.25, 0.3) is 0 Å². The average Bonchev–Trinajstić information content (AvgIpc) is 2.11. The van der Waals surface area contributed by atoms with E-state index in [0.29, 0.717) is 5.41 Å². The highest BCUT2D eigenvalue weighted by molar-refractivity contribution is 4.83. The minimum absolute atomic E-state index is 0.638. The molecule has 78 valence electrons. The molecule has 1 saturated heterocycles. The van der Waals surface area contributed by atoms with Crippen LogP contribution in [-0.2, 0) is 0 Å². The van der Waals surface area contributed by atoms with Crippen molar-refractivity contribution in [3.8, 4) is 0 Å². The molecule has 1 fully saturated rings. The fourth-order valence-corrected chi connectivity index (χ4v) is 2.68. The number of hydrazine groups is 1. The molecule has 13 heavy (non-hydrogen) atoms. The summed E-state index contributed by atoms with van der Waals surface area (Å²) in [5.74, 6) is 5.78. The molecule has 0 atom stereocenters. The summed E-state index contributed by atoms with van der Waals surface area (Å²) in [6.45, 7) is 6.79. The second-order valence-electron chi connectivity index (χ2n) is 4.54. The highest BCUT2D eigenvalue weighted by Gasteiger charge is 2.31. The third-order valence-electron chi connectivity index (χ3n) is 3.42. The lowest BCUT2D eigenvalue weighted by Crippen LogP contribution is -2.43. The summed E-state index contributed by atoms with van der Waals surface area (Å²) in [7, 11) is 0. The van der Waals surface area contributed by atoms with Gasteiger partial charge in [0.1, 0.15) is 0 Å². The summed E-state index contributed by atoms with van der Waals surface area (Å²) in [4.78, 5) is 0. The van der Waals surface area contributed by atoms with Crippen LogP contribution in [0.4, 0.5) is 0 Å². The van der Waals surface area contributed by atoms with Crippen LogP contribution < -0.4 is 5.84 Å². The fraction of sp³-hybridized carbons (Fsp3) is 1.00. The van der Waals surface area contributed by atoms with Crippen LogP contribution in [0.3, 0.4) is 0 Å². The molecule has 0 aromatic rings. The maximum atomic E-state index is 5.78. The first-order chi connectivity index (χ1) is 6.22. The Morgan fingerprint density at radius 2 is 1.54 bits per heavy atom. The highest BCUT2D eigenvalue weighted by Crippen LogP contribution is 2.39. The molecule has 1 rings (SSSR count). The van der Waals surface area contributed by atoms with E-state index in [4.69, 9.17) is 5.84 Å². The van der Waals surface area contributed by atoms with Gasteiger partial charge in [0.05, 0.1) is 0 Å². The smallest absolute Gasteiger partial charge is 0.0133 e. The fourth-order valence-electron chi connectivity index (χ4n) is 2.68. The van der Waals surface area contributed by atoms with E-state index in [2.05, 4.69) is 13.8 Å². The Balaban J connectivity index is 2.47. The van der Waals surface area contributed by atoms with E-state index < -0.39 is 0 Å². The molecular weight excluding hydrogens is 160 g/mol. The second-order valence-corrected chi connectivity index (χ2v) is 4.54. The summed E-state index contributed by atoms with van der Waals surface area (Å²) in [5.41, 5.74) is 0.638. The zero-order chi connectivity index (χ0) is 9.73. The summed E-state index contributed by atoms with van der Waals surface area (Å²) in [6.07, 6.45) is 8.06. The molecule has 2 nitrogen and oxygen atoms in total. The molecule has 0 aromatic carbocycles. The van der Waals surface area contributed by atoms with Gasteiger partial charge in [-0.25, -0.2) is 5.01 Å². The topological polar surface area (TPSA) is 29.3 Å². The predicted octanol–water partition coefficient (Wildman–Crippen LogP) is 2.54. The third kappa shape index (κ3) is 2.96. The van der Waals surface area contributed by atoms with Crippen molar-refractivity contribution in [2.45, 2.75) is 52.4 Å². The Kier molecular flexibility index (Phi) is 4.20. The number of nitrogens with zero attached hydrogens (tertiary/aromatic N) is 1. The van der Waals surface area contributed by atoms with Gasteiger partial charge in [-0.3, -0.25) is 5.84 Å².